The lowest BCUT2D eigenvalue weighted by molar-refractivity contribution is 0.296. The molecule has 0 aliphatic heterocycles. The number of fused-ring (bicyclic) bond motifs is 1. The number of nitrogens with zero attached hydrogens (tertiary/aromatic N) is 3. The van der Waals surface area contributed by atoms with Crippen molar-refractivity contribution >= 4 is 11.0 Å². The maximum Gasteiger partial charge on any atom is 0.339 e. The topological polar surface area (TPSA) is 79.4 Å². The summed E-state index contributed by atoms with van der Waals surface area (Å²) >= 11 is 0. The van der Waals surface area contributed by atoms with Gasteiger partial charge in [0.2, 0.25) is 0 Å². The SMILES string of the molecule is Cc1ccc(C(C)C)c(OCc2cn(CCCCCOc3cc(=O)oc4ccccc34)nn2)c1. The first kappa shape index (κ1) is 23.5. The van der Waals surface area contributed by atoms with Crippen molar-refractivity contribution in [1.82, 2.24) is 15.0 Å². The lowest BCUT2D eigenvalue weighted by Gasteiger charge is -2.14. The van der Waals surface area contributed by atoms with Gasteiger partial charge in [-0.3, -0.25) is 4.68 Å². The number of benzene rings is 2. The normalized spacial score (nSPS) is 11.3. The summed E-state index contributed by atoms with van der Waals surface area (Å²) in [7, 11) is 0. The average Bonchev–Trinajstić information content (AvgIpc) is 3.27. The Labute approximate surface area is 199 Å². The van der Waals surface area contributed by atoms with Crippen LogP contribution < -0.4 is 15.1 Å². The van der Waals surface area contributed by atoms with Gasteiger partial charge in [-0.25, -0.2) is 4.79 Å². The standard InChI is InChI=1S/C27H31N3O4/c1-19(2)22-12-11-20(3)15-25(22)33-18-21-17-30(29-28-21)13-7-4-8-14-32-26-16-27(31)34-24-10-6-5-9-23(24)26/h5-6,9-12,15-17,19H,4,7-8,13-14,18H2,1-3H3. The first-order valence-corrected chi connectivity index (χ1v) is 11.8. The minimum absolute atomic E-state index is 0.397. The van der Waals surface area contributed by atoms with Crippen LogP contribution in [0, 0.1) is 6.92 Å². The predicted octanol–water partition coefficient (Wildman–Crippen LogP) is 5.64. The molecule has 178 valence electrons. The molecular formula is C27H31N3O4. The largest absolute Gasteiger partial charge is 0.493 e. The highest BCUT2D eigenvalue weighted by Crippen LogP contribution is 2.28. The molecule has 2 aromatic heterocycles. The van der Waals surface area contributed by atoms with Gasteiger partial charge in [-0.2, -0.15) is 0 Å². The van der Waals surface area contributed by atoms with E-state index in [1.165, 1.54) is 17.2 Å². The van der Waals surface area contributed by atoms with Gasteiger partial charge in [0.25, 0.3) is 0 Å². The van der Waals surface area contributed by atoms with Crippen molar-refractivity contribution in [3.63, 3.8) is 0 Å². The Morgan fingerprint density at radius 2 is 1.85 bits per heavy atom. The maximum absolute atomic E-state index is 11.7. The summed E-state index contributed by atoms with van der Waals surface area (Å²) in [6.07, 6.45) is 4.76. The number of hydrogen-bond donors (Lipinski definition) is 0. The second-order valence-electron chi connectivity index (χ2n) is 8.79. The summed E-state index contributed by atoms with van der Waals surface area (Å²) in [6.45, 7) is 8.12. The van der Waals surface area contributed by atoms with Gasteiger partial charge in [-0.05, 0) is 61.4 Å². The molecule has 0 bridgehead atoms. The highest BCUT2D eigenvalue weighted by Gasteiger charge is 2.10. The summed E-state index contributed by atoms with van der Waals surface area (Å²) in [5.74, 6) is 1.88. The van der Waals surface area contributed by atoms with Crippen molar-refractivity contribution in [1.29, 1.82) is 0 Å². The molecule has 0 fully saturated rings. The molecule has 7 nitrogen and oxygen atoms in total. The third kappa shape index (κ3) is 6.04. The van der Waals surface area contributed by atoms with Crippen LogP contribution in [-0.2, 0) is 13.2 Å². The Morgan fingerprint density at radius 1 is 1.00 bits per heavy atom. The molecule has 0 aliphatic carbocycles. The quantitative estimate of drug-likeness (QED) is 0.212. The monoisotopic (exact) mass is 461 g/mol. The molecule has 0 unspecified atom stereocenters. The maximum atomic E-state index is 11.7. The zero-order valence-corrected chi connectivity index (χ0v) is 20.0. The predicted molar refractivity (Wildman–Crippen MR) is 131 cm³/mol. The number of rotatable bonds is 11. The zero-order valence-electron chi connectivity index (χ0n) is 20.0. The van der Waals surface area contributed by atoms with Crippen LogP contribution in [0.15, 0.2) is 63.9 Å². The number of ether oxygens (including phenoxy) is 2. The number of aromatic nitrogens is 3. The van der Waals surface area contributed by atoms with Crippen LogP contribution in [0.25, 0.3) is 11.0 Å². The number of unbranched alkanes of at least 4 members (excludes halogenated alkanes) is 2. The smallest absolute Gasteiger partial charge is 0.339 e. The second kappa shape index (κ2) is 11.0. The van der Waals surface area contributed by atoms with E-state index < -0.39 is 5.63 Å². The Kier molecular flexibility index (Phi) is 7.62. The number of hydrogen-bond acceptors (Lipinski definition) is 6. The van der Waals surface area contributed by atoms with E-state index in [1.54, 1.807) is 6.07 Å². The van der Waals surface area contributed by atoms with Crippen LogP contribution in [-0.4, -0.2) is 21.6 Å². The Balaban J connectivity index is 1.20. The molecule has 0 aliphatic rings. The summed E-state index contributed by atoms with van der Waals surface area (Å²) in [5, 5.41) is 9.28. The van der Waals surface area contributed by atoms with Crippen molar-refractivity contribution in [2.45, 2.75) is 59.1 Å². The fraction of sp³-hybridized carbons (Fsp3) is 0.370. The van der Waals surface area contributed by atoms with Crippen LogP contribution in [0.3, 0.4) is 0 Å². The van der Waals surface area contributed by atoms with Gasteiger partial charge in [-0.15, -0.1) is 5.10 Å². The molecule has 0 N–H and O–H groups in total. The molecule has 0 saturated carbocycles. The van der Waals surface area contributed by atoms with E-state index in [0.29, 0.717) is 30.5 Å². The van der Waals surface area contributed by atoms with Crippen LogP contribution in [0.1, 0.15) is 55.8 Å². The van der Waals surface area contributed by atoms with Crippen molar-refractivity contribution in [2.24, 2.45) is 0 Å². The molecule has 0 radical (unpaired) electrons. The lowest BCUT2D eigenvalue weighted by Crippen LogP contribution is -2.04. The third-order valence-corrected chi connectivity index (χ3v) is 5.65. The molecule has 4 aromatic rings. The van der Waals surface area contributed by atoms with E-state index in [2.05, 4.69) is 49.3 Å². The van der Waals surface area contributed by atoms with Crippen molar-refractivity contribution in [2.75, 3.05) is 6.61 Å². The molecular weight excluding hydrogens is 430 g/mol. The third-order valence-electron chi connectivity index (χ3n) is 5.65. The van der Waals surface area contributed by atoms with Gasteiger partial charge in [0.1, 0.15) is 29.4 Å². The highest BCUT2D eigenvalue weighted by atomic mass is 16.5. The van der Waals surface area contributed by atoms with Crippen LogP contribution in [0.4, 0.5) is 0 Å². The van der Waals surface area contributed by atoms with Crippen LogP contribution in [0.5, 0.6) is 11.5 Å². The summed E-state index contributed by atoms with van der Waals surface area (Å²) in [4.78, 5) is 11.7. The fourth-order valence-corrected chi connectivity index (χ4v) is 3.85. The minimum atomic E-state index is -0.400. The fourth-order valence-electron chi connectivity index (χ4n) is 3.85. The summed E-state index contributed by atoms with van der Waals surface area (Å²) < 4.78 is 19.0. The van der Waals surface area contributed by atoms with E-state index in [-0.39, 0.29) is 0 Å². The van der Waals surface area contributed by atoms with E-state index in [1.807, 2.05) is 29.1 Å². The van der Waals surface area contributed by atoms with Crippen LogP contribution in [0.2, 0.25) is 0 Å². The molecule has 0 saturated heterocycles. The second-order valence-corrected chi connectivity index (χ2v) is 8.79. The Hall–Kier alpha value is -3.61. The Morgan fingerprint density at radius 3 is 2.71 bits per heavy atom. The minimum Gasteiger partial charge on any atom is -0.493 e. The first-order chi connectivity index (χ1) is 16.5. The lowest BCUT2D eigenvalue weighted by atomic mass is 10.0. The van der Waals surface area contributed by atoms with E-state index in [9.17, 15) is 4.79 Å². The van der Waals surface area contributed by atoms with Gasteiger partial charge in [0.05, 0.1) is 24.3 Å². The van der Waals surface area contributed by atoms with Gasteiger partial charge >= 0.3 is 5.63 Å². The van der Waals surface area contributed by atoms with Crippen molar-refractivity contribution in [3.05, 3.63) is 82.0 Å². The van der Waals surface area contributed by atoms with Gasteiger partial charge in [0.15, 0.2) is 0 Å². The first-order valence-electron chi connectivity index (χ1n) is 11.8. The molecule has 2 aromatic carbocycles. The zero-order chi connectivity index (χ0) is 23.9. The number of aryl methyl sites for hydroxylation is 2. The molecule has 34 heavy (non-hydrogen) atoms. The van der Waals surface area contributed by atoms with E-state index in [4.69, 9.17) is 13.9 Å². The molecule has 0 spiro atoms. The van der Waals surface area contributed by atoms with Gasteiger partial charge in [0, 0.05) is 6.54 Å². The van der Waals surface area contributed by atoms with Crippen molar-refractivity contribution < 1.29 is 13.9 Å². The van der Waals surface area contributed by atoms with Gasteiger partial charge < -0.3 is 13.9 Å². The van der Waals surface area contributed by atoms with E-state index >= 15 is 0 Å². The van der Waals surface area contributed by atoms with Crippen molar-refractivity contribution in [3.8, 4) is 11.5 Å². The highest BCUT2D eigenvalue weighted by molar-refractivity contribution is 5.82. The van der Waals surface area contributed by atoms with E-state index in [0.717, 1.165) is 42.6 Å². The van der Waals surface area contributed by atoms with Gasteiger partial charge in [-0.1, -0.05) is 43.3 Å². The van der Waals surface area contributed by atoms with Crippen LogP contribution >= 0.6 is 0 Å². The summed E-state index contributed by atoms with van der Waals surface area (Å²) in [6, 6.07) is 15.1. The Bertz CT molecular complexity index is 1290. The number of para-hydroxylation sites is 1. The molecule has 0 atom stereocenters. The molecule has 0 amide bonds. The molecule has 2 heterocycles. The molecule has 7 heteroatoms. The average molecular weight is 462 g/mol. The molecule has 4 rings (SSSR count). The summed E-state index contributed by atoms with van der Waals surface area (Å²) in [5.41, 5.74) is 3.33.